The van der Waals surface area contributed by atoms with Crippen LogP contribution in [0.1, 0.15) is 0 Å². The zero-order chi connectivity index (χ0) is 59.0. The van der Waals surface area contributed by atoms with Gasteiger partial charge >= 0.3 is 0 Å². The Bertz CT molecular complexity index is 6230. The number of aromatic nitrogens is 3. The third-order valence-corrected chi connectivity index (χ3v) is 22.0. The summed E-state index contributed by atoms with van der Waals surface area (Å²) in [6.45, 7) is 0. The highest BCUT2D eigenvalue weighted by Crippen LogP contribution is 2.46. The monoisotopic (exact) mass is 1200 g/mol. The van der Waals surface area contributed by atoms with Gasteiger partial charge in [-0.15, -0.1) is 34.0 Å². The molecule has 20 aromatic rings. The van der Waals surface area contributed by atoms with Crippen LogP contribution < -0.4 is 0 Å². The minimum Gasteiger partial charge on any atom is -0.309 e. The van der Waals surface area contributed by atoms with Crippen molar-refractivity contribution >= 4 is 160 Å². The Morgan fingerprint density at radius 2 is 0.533 bits per heavy atom. The smallest absolute Gasteiger partial charge is 0.0541 e. The second-order valence-electron chi connectivity index (χ2n) is 23.5. The van der Waals surface area contributed by atoms with Gasteiger partial charge in [0.05, 0.1) is 33.1 Å². The van der Waals surface area contributed by atoms with Crippen molar-refractivity contribution in [3.05, 3.63) is 309 Å². The maximum absolute atomic E-state index is 2.44. The summed E-state index contributed by atoms with van der Waals surface area (Å²) in [6, 6.07) is 114. The molecule has 0 atom stereocenters. The summed E-state index contributed by atoms with van der Waals surface area (Å²) in [6.07, 6.45) is 0. The maximum Gasteiger partial charge on any atom is 0.0541 e. The average Bonchev–Trinajstić information content (AvgIpc) is 2.65. The van der Waals surface area contributed by atoms with Gasteiger partial charge in [-0.25, -0.2) is 0 Å². The maximum atomic E-state index is 2.44. The second kappa shape index (κ2) is 20.4. The lowest BCUT2D eigenvalue weighted by molar-refractivity contribution is 1.18. The van der Waals surface area contributed by atoms with Crippen molar-refractivity contribution in [1.82, 2.24) is 13.7 Å². The summed E-state index contributed by atoms with van der Waals surface area (Å²) in [7, 11) is 0. The molecule has 0 amide bonds. The second-order valence-corrected chi connectivity index (χ2v) is 26.7. The summed E-state index contributed by atoms with van der Waals surface area (Å²) >= 11 is 5.65. The fourth-order valence-electron chi connectivity index (χ4n) is 14.4. The zero-order valence-corrected chi connectivity index (χ0v) is 51.0. The average molecular weight is 1200 g/mol. The van der Waals surface area contributed by atoms with E-state index in [1.54, 1.807) is 0 Å². The third kappa shape index (κ3) is 8.02. The van der Waals surface area contributed by atoms with E-state index >= 15 is 0 Å². The number of hydrogen-bond acceptors (Lipinski definition) is 3. The van der Waals surface area contributed by atoms with Crippen molar-refractivity contribution in [3.8, 4) is 50.4 Å². The molecule has 90 heavy (non-hydrogen) atoms. The molecule has 0 bridgehead atoms. The van der Waals surface area contributed by atoms with Gasteiger partial charge in [-0.1, -0.05) is 182 Å². The normalized spacial score (nSPS) is 12.0. The van der Waals surface area contributed by atoms with Crippen molar-refractivity contribution < 1.29 is 0 Å². The van der Waals surface area contributed by atoms with Crippen LogP contribution in [0.4, 0.5) is 0 Å². The summed E-state index contributed by atoms with van der Waals surface area (Å²) < 4.78 is 15.2. The molecule has 0 aliphatic heterocycles. The topological polar surface area (TPSA) is 14.8 Å². The fourth-order valence-corrected chi connectivity index (χ4v) is 17.8. The van der Waals surface area contributed by atoms with Gasteiger partial charge in [0, 0.05) is 115 Å². The van der Waals surface area contributed by atoms with Gasteiger partial charge in [0.2, 0.25) is 0 Å². The van der Waals surface area contributed by atoms with Crippen molar-refractivity contribution in [2.75, 3.05) is 0 Å². The van der Waals surface area contributed by atoms with Crippen molar-refractivity contribution in [3.63, 3.8) is 0 Å². The largest absolute Gasteiger partial charge is 0.309 e. The van der Waals surface area contributed by atoms with E-state index in [2.05, 4.69) is 323 Å². The van der Waals surface area contributed by atoms with Crippen LogP contribution in [-0.2, 0) is 0 Å². The summed E-state index contributed by atoms with van der Waals surface area (Å²) in [4.78, 5) is 0. The van der Waals surface area contributed by atoms with Gasteiger partial charge in [-0.05, 0) is 155 Å². The van der Waals surface area contributed by atoms with Crippen LogP contribution in [0.5, 0.6) is 0 Å². The van der Waals surface area contributed by atoms with Crippen LogP contribution in [0, 0.1) is 0 Å². The molecule has 3 nitrogen and oxygen atoms in total. The Labute approximate surface area is 529 Å². The molecular formula is C84H51N3S3. The third-order valence-electron chi connectivity index (χ3n) is 18.5. The van der Waals surface area contributed by atoms with E-state index in [-0.39, 0.29) is 0 Å². The van der Waals surface area contributed by atoms with E-state index in [0.717, 1.165) is 0 Å². The van der Waals surface area contributed by atoms with E-state index < -0.39 is 0 Å². The highest BCUT2D eigenvalue weighted by molar-refractivity contribution is 7.27. The van der Waals surface area contributed by atoms with E-state index in [4.69, 9.17) is 0 Å². The zero-order valence-electron chi connectivity index (χ0n) is 48.5. The summed E-state index contributed by atoms with van der Waals surface area (Å²) in [5.74, 6) is 0. The number of fused-ring (bicyclic) bond motifs is 18. The van der Waals surface area contributed by atoms with Gasteiger partial charge < -0.3 is 13.7 Å². The predicted molar refractivity (Wildman–Crippen MR) is 391 cm³/mol. The first-order valence-electron chi connectivity index (χ1n) is 30.6. The lowest BCUT2D eigenvalue weighted by Crippen LogP contribution is -1.94. The molecule has 0 radical (unpaired) electrons. The molecule has 0 unspecified atom stereocenters. The molecule has 6 heteroatoms. The Kier molecular flexibility index (Phi) is 11.6. The van der Waals surface area contributed by atoms with Crippen molar-refractivity contribution in [1.29, 1.82) is 0 Å². The van der Waals surface area contributed by atoms with Gasteiger partial charge in [0.15, 0.2) is 0 Å². The summed E-state index contributed by atoms with van der Waals surface area (Å²) in [5.41, 5.74) is 18.4. The highest BCUT2D eigenvalue weighted by atomic mass is 32.1. The molecule has 0 spiro atoms. The van der Waals surface area contributed by atoms with Crippen LogP contribution in [0.15, 0.2) is 309 Å². The van der Waals surface area contributed by atoms with Crippen LogP contribution in [-0.4, -0.2) is 13.7 Å². The first-order valence-corrected chi connectivity index (χ1v) is 33.1. The molecule has 14 aromatic carbocycles. The molecule has 0 aliphatic carbocycles. The molecule has 6 heterocycles. The quantitative estimate of drug-likeness (QED) is 0.158. The SMILES string of the molecule is c1ccc(-c2ccc3sc4ccc(-n5c6ccccc6c6cc(-c7ccc8c(c7)c7ccccc7n8-c7ccccc7)ccc65)cc4c3c2)cc1.c1ccc2c(c1)sc1ccc(-c3cc(-n4c5ccccc5c5ccccc54)cc4c3sc3ccccc34)cc12. The van der Waals surface area contributed by atoms with Gasteiger partial charge in [0.25, 0.3) is 0 Å². The first kappa shape index (κ1) is 51.2. The van der Waals surface area contributed by atoms with E-state index in [1.807, 2.05) is 34.0 Å². The van der Waals surface area contributed by atoms with Crippen molar-refractivity contribution in [2.24, 2.45) is 0 Å². The standard InChI is InChI=1S/C48H30N2S.C36H21NS2/c1-3-11-31(12-4-1)32-21-25-47-41(29-32)42-30-36(22-26-48(42)51-47)50-44-18-10-8-16-38(44)40-28-34(20-24-46(40)50)33-19-23-45-39(27-33)37-15-7-9-17-43(37)49(45)35-13-5-2-6-14-35;1-5-13-31-24(9-1)25-10-2-6-14-32(25)37(31)23-20-28(36-30(21-23)27-12-4-8-16-34(27)39-36)22-17-18-35-29(19-22)26-11-3-7-15-33(26)38-35/h1-30H;1-21H. The molecule has 6 aromatic heterocycles. The Balaban J connectivity index is 0.000000134. The molecule has 0 aliphatic rings. The van der Waals surface area contributed by atoms with E-state index in [9.17, 15) is 0 Å². The van der Waals surface area contributed by atoms with E-state index in [1.165, 1.54) is 176 Å². The van der Waals surface area contributed by atoms with Crippen molar-refractivity contribution in [2.45, 2.75) is 0 Å². The molecule has 0 saturated carbocycles. The van der Waals surface area contributed by atoms with Crippen LogP contribution in [0.3, 0.4) is 0 Å². The Morgan fingerprint density at radius 3 is 1.12 bits per heavy atom. The molecule has 0 saturated heterocycles. The van der Waals surface area contributed by atoms with Gasteiger partial charge in [-0.2, -0.15) is 0 Å². The molecule has 0 N–H and O–H groups in total. The van der Waals surface area contributed by atoms with Crippen LogP contribution in [0.25, 0.3) is 176 Å². The van der Waals surface area contributed by atoms with Crippen LogP contribution >= 0.6 is 34.0 Å². The highest BCUT2D eigenvalue weighted by Gasteiger charge is 2.21. The number of hydrogen-bond donors (Lipinski definition) is 0. The van der Waals surface area contributed by atoms with E-state index in [0.29, 0.717) is 0 Å². The lowest BCUT2D eigenvalue weighted by Gasteiger charge is -2.12. The number of thiophene rings is 3. The molecular weight excluding hydrogens is 1150 g/mol. The number of nitrogens with zero attached hydrogens (tertiary/aromatic N) is 3. The minimum absolute atomic E-state index is 1.18. The Hall–Kier alpha value is -10.9. The number of benzene rings is 14. The predicted octanol–water partition coefficient (Wildman–Crippen LogP) is 24.8. The lowest BCUT2D eigenvalue weighted by atomic mass is 9.99. The Morgan fingerprint density at radius 1 is 0.178 bits per heavy atom. The molecule has 20 rings (SSSR count). The van der Waals surface area contributed by atoms with Gasteiger partial charge in [-0.3, -0.25) is 0 Å². The molecule has 0 fully saturated rings. The fraction of sp³-hybridized carbons (Fsp3) is 0. The number of rotatable bonds is 6. The van der Waals surface area contributed by atoms with Crippen LogP contribution in [0.2, 0.25) is 0 Å². The summed E-state index contributed by atoms with van der Waals surface area (Å²) in [5, 5.41) is 15.6. The minimum atomic E-state index is 1.18. The molecule has 420 valence electrons. The first-order chi connectivity index (χ1) is 44.6. The number of para-hydroxylation sites is 5. The van der Waals surface area contributed by atoms with Gasteiger partial charge in [0.1, 0.15) is 0 Å².